The molecule has 0 aromatic carbocycles. The second-order valence-electron chi connectivity index (χ2n) is 4.80. The molecule has 0 aliphatic heterocycles. The topological polar surface area (TPSA) is 78.5 Å². The van der Waals surface area contributed by atoms with E-state index in [-0.39, 0.29) is 0 Å². The van der Waals surface area contributed by atoms with Crippen LogP contribution in [0.2, 0.25) is 0 Å². The fraction of sp³-hybridized carbons (Fsp3) is 0.462. The van der Waals surface area contributed by atoms with Crippen molar-refractivity contribution in [2.24, 2.45) is 0 Å². The van der Waals surface area contributed by atoms with Crippen molar-refractivity contribution in [1.82, 2.24) is 20.2 Å². The number of aromatic nitrogens is 4. The van der Waals surface area contributed by atoms with Gasteiger partial charge in [0, 0.05) is 30.4 Å². The standard InChI is InChI=1S/C13H18N6/c1-2-6-14-13-15-7-5-11(17-13)16-12-8-10(18-19-12)9-3-4-9/h5,7-9H,2-4,6H2,1H3,(H3,14,15,16,17,18,19). The number of nitrogens with one attached hydrogen (secondary N) is 3. The summed E-state index contributed by atoms with van der Waals surface area (Å²) in [6.07, 6.45) is 5.31. The Balaban J connectivity index is 1.67. The van der Waals surface area contributed by atoms with Crippen molar-refractivity contribution in [2.45, 2.75) is 32.1 Å². The van der Waals surface area contributed by atoms with Crippen LogP contribution in [0, 0.1) is 0 Å². The van der Waals surface area contributed by atoms with Gasteiger partial charge in [-0.3, -0.25) is 5.10 Å². The van der Waals surface area contributed by atoms with Gasteiger partial charge in [-0.15, -0.1) is 0 Å². The van der Waals surface area contributed by atoms with Crippen LogP contribution in [0.5, 0.6) is 0 Å². The summed E-state index contributed by atoms with van der Waals surface area (Å²) in [5.41, 5.74) is 1.21. The van der Waals surface area contributed by atoms with Gasteiger partial charge in [-0.2, -0.15) is 10.1 Å². The average Bonchev–Trinajstić information content (AvgIpc) is 3.18. The normalized spacial score (nSPS) is 14.4. The maximum absolute atomic E-state index is 4.39. The van der Waals surface area contributed by atoms with Gasteiger partial charge in [-0.1, -0.05) is 6.92 Å². The minimum absolute atomic E-state index is 0.643. The highest BCUT2D eigenvalue weighted by Gasteiger charge is 2.25. The maximum atomic E-state index is 4.39. The van der Waals surface area contributed by atoms with Crippen LogP contribution >= 0.6 is 0 Å². The summed E-state index contributed by atoms with van der Waals surface area (Å²) in [4.78, 5) is 8.56. The molecule has 2 heterocycles. The Bertz CT molecular complexity index is 546. The Morgan fingerprint density at radius 2 is 2.26 bits per heavy atom. The Morgan fingerprint density at radius 3 is 3.05 bits per heavy atom. The summed E-state index contributed by atoms with van der Waals surface area (Å²) in [6.45, 7) is 2.98. The third-order valence-corrected chi connectivity index (χ3v) is 3.06. The SMILES string of the molecule is CCCNc1nccc(Nc2cc(C3CC3)[nH]n2)n1. The molecule has 6 nitrogen and oxygen atoms in total. The van der Waals surface area contributed by atoms with Crippen LogP contribution in [0.4, 0.5) is 17.6 Å². The highest BCUT2D eigenvalue weighted by Crippen LogP contribution is 2.39. The van der Waals surface area contributed by atoms with E-state index in [2.05, 4.69) is 43.8 Å². The molecule has 19 heavy (non-hydrogen) atoms. The van der Waals surface area contributed by atoms with Gasteiger partial charge < -0.3 is 10.6 Å². The van der Waals surface area contributed by atoms with Crippen LogP contribution in [0.3, 0.4) is 0 Å². The summed E-state index contributed by atoms with van der Waals surface area (Å²) < 4.78 is 0. The second-order valence-corrected chi connectivity index (χ2v) is 4.80. The van der Waals surface area contributed by atoms with Crippen molar-refractivity contribution in [1.29, 1.82) is 0 Å². The molecule has 100 valence electrons. The van der Waals surface area contributed by atoms with Gasteiger partial charge in [0.05, 0.1) is 0 Å². The molecule has 2 aromatic heterocycles. The van der Waals surface area contributed by atoms with Crippen molar-refractivity contribution >= 4 is 17.6 Å². The van der Waals surface area contributed by atoms with Gasteiger partial charge in [0.25, 0.3) is 0 Å². The molecule has 0 radical (unpaired) electrons. The average molecular weight is 258 g/mol. The van der Waals surface area contributed by atoms with Crippen LogP contribution in [0.25, 0.3) is 0 Å². The molecule has 1 aliphatic carbocycles. The number of H-pyrrole nitrogens is 1. The van der Waals surface area contributed by atoms with Crippen LogP contribution in [-0.4, -0.2) is 26.7 Å². The molecular weight excluding hydrogens is 240 g/mol. The van der Waals surface area contributed by atoms with Gasteiger partial charge in [0.1, 0.15) is 5.82 Å². The van der Waals surface area contributed by atoms with Crippen LogP contribution in [-0.2, 0) is 0 Å². The monoisotopic (exact) mass is 258 g/mol. The zero-order chi connectivity index (χ0) is 13.1. The fourth-order valence-corrected chi connectivity index (χ4v) is 1.89. The van der Waals surface area contributed by atoms with Crippen molar-refractivity contribution < 1.29 is 0 Å². The fourth-order valence-electron chi connectivity index (χ4n) is 1.89. The van der Waals surface area contributed by atoms with E-state index in [9.17, 15) is 0 Å². The summed E-state index contributed by atoms with van der Waals surface area (Å²) in [5, 5.41) is 13.7. The molecule has 1 saturated carbocycles. The Labute approximate surface area is 112 Å². The molecule has 0 amide bonds. The first kappa shape index (κ1) is 12.0. The molecule has 6 heteroatoms. The number of nitrogens with zero attached hydrogens (tertiary/aromatic N) is 3. The van der Waals surface area contributed by atoms with E-state index >= 15 is 0 Å². The Morgan fingerprint density at radius 1 is 1.37 bits per heavy atom. The number of anilines is 3. The van der Waals surface area contributed by atoms with E-state index in [0.717, 1.165) is 24.6 Å². The first-order valence-corrected chi connectivity index (χ1v) is 6.74. The lowest BCUT2D eigenvalue weighted by Gasteiger charge is -2.05. The molecular formula is C13H18N6. The number of rotatable bonds is 6. The Kier molecular flexibility index (Phi) is 3.31. The van der Waals surface area contributed by atoms with Crippen molar-refractivity contribution in [2.75, 3.05) is 17.2 Å². The van der Waals surface area contributed by atoms with Crippen LogP contribution in [0.1, 0.15) is 37.8 Å². The molecule has 1 aliphatic rings. The van der Waals surface area contributed by atoms with Crippen molar-refractivity contribution in [3.05, 3.63) is 24.0 Å². The van der Waals surface area contributed by atoms with E-state index < -0.39 is 0 Å². The van der Waals surface area contributed by atoms with Gasteiger partial charge in [0.15, 0.2) is 5.82 Å². The van der Waals surface area contributed by atoms with E-state index in [1.165, 1.54) is 18.5 Å². The maximum Gasteiger partial charge on any atom is 0.224 e. The summed E-state index contributed by atoms with van der Waals surface area (Å²) in [6, 6.07) is 3.89. The summed E-state index contributed by atoms with van der Waals surface area (Å²) in [5.74, 6) is 2.88. The predicted molar refractivity (Wildman–Crippen MR) is 74.7 cm³/mol. The highest BCUT2D eigenvalue weighted by atomic mass is 15.2. The van der Waals surface area contributed by atoms with Gasteiger partial charge in [0.2, 0.25) is 5.95 Å². The van der Waals surface area contributed by atoms with Gasteiger partial charge >= 0.3 is 0 Å². The first-order valence-electron chi connectivity index (χ1n) is 6.74. The Hall–Kier alpha value is -2.11. The summed E-state index contributed by atoms with van der Waals surface area (Å²) in [7, 11) is 0. The second kappa shape index (κ2) is 5.26. The van der Waals surface area contributed by atoms with Gasteiger partial charge in [-0.05, 0) is 25.3 Å². The van der Waals surface area contributed by atoms with E-state index in [1.54, 1.807) is 6.20 Å². The van der Waals surface area contributed by atoms with Crippen molar-refractivity contribution in [3.63, 3.8) is 0 Å². The largest absolute Gasteiger partial charge is 0.354 e. The van der Waals surface area contributed by atoms with E-state index in [4.69, 9.17) is 0 Å². The quantitative estimate of drug-likeness (QED) is 0.742. The molecule has 0 unspecified atom stereocenters. The number of hydrogen-bond donors (Lipinski definition) is 3. The van der Waals surface area contributed by atoms with E-state index in [1.807, 2.05) is 6.07 Å². The van der Waals surface area contributed by atoms with Crippen LogP contribution < -0.4 is 10.6 Å². The lowest BCUT2D eigenvalue weighted by molar-refractivity contribution is 0.952. The molecule has 0 bridgehead atoms. The minimum Gasteiger partial charge on any atom is -0.354 e. The lowest BCUT2D eigenvalue weighted by atomic mass is 10.3. The molecule has 3 rings (SSSR count). The smallest absolute Gasteiger partial charge is 0.224 e. The molecule has 0 saturated heterocycles. The molecule has 1 fully saturated rings. The van der Waals surface area contributed by atoms with Crippen molar-refractivity contribution in [3.8, 4) is 0 Å². The molecule has 0 atom stereocenters. The zero-order valence-electron chi connectivity index (χ0n) is 11.0. The predicted octanol–water partition coefficient (Wildman–Crippen LogP) is 2.64. The lowest BCUT2D eigenvalue weighted by Crippen LogP contribution is -2.05. The van der Waals surface area contributed by atoms with Gasteiger partial charge in [-0.25, -0.2) is 4.98 Å². The summed E-state index contributed by atoms with van der Waals surface area (Å²) >= 11 is 0. The molecule has 2 aromatic rings. The zero-order valence-corrected chi connectivity index (χ0v) is 11.0. The number of hydrogen-bond acceptors (Lipinski definition) is 5. The first-order chi connectivity index (χ1) is 9.35. The molecule has 0 spiro atoms. The van der Waals surface area contributed by atoms with Crippen LogP contribution in [0.15, 0.2) is 18.3 Å². The highest BCUT2D eigenvalue weighted by molar-refractivity contribution is 5.53. The van der Waals surface area contributed by atoms with E-state index in [0.29, 0.717) is 11.9 Å². The number of aromatic amines is 1. The minimum atomic E-state index is 0.643. The third kappa shape index (κ3) is 3.01. The third-order valence-electron chi connectivity index (χ3n) is 3.06. The molecule has 3 N–H and O–H groups in total.